The van der Waals surface area contributed by atoms with Crippen molar-refractivity contribution >= 4 is 23.5 Å². The third-order valence-corrected chi connectivity index (χ3v) is 5.42. The number of nitrogens with zero attached hydrogens (tertiary/aromatic N) is 2. The monoisotopic (exact) mass is 460 g/mol. The van der Waals surface area contributed by atoms with Crippen molar-refractivity contribution in [3.8, 4) is 5.69 Å². The summed E-state index contributed by atoms with van der Waals surface area (Å²) in [5.41, 5.74) is 8.33. The molecule has 1 heterocycles. The van der Waals surface area contributed by atoms with Gasteiger partial charge in [-0.3, -0.25) is 14.2 Å². The van der Waals surface area contributed by atoms with Crippen LogP contribution in [0.1, 0.15) is 75.9 Å². The van der Waals surface area contributed by atoms with Gasteiger partial charge in [-0.15, -0.1) is 0 Å². The van der Waals surface area contributed by atoms with Gasteiger partial charge in [0, 0.05) is 17.2 Å². The quantitative estimate of drug-likeness (QED) is 0.426. The Kier molecular flexibility index (Phi) is 6.00. The zero-order valence-corrected chi connectivity index (χ0v) is 19.7. The van der Waals surface area contributed by atoms with Gasteiger partial charge in [-0.25, -0.2) is 9.78 Å². The second-order valence-electron chi connectivity index (χ2n) is 9.51. The number of hydrogen-bond donors (Lipinski definition) is 2. The molecule has 3 aromatic rings. The molecule has 1 amide bonds. The number of esters is 1. The van der Waals surface area contributed by atoms with E-state index in [9.17, 15) is 14.4 Å². The number of aryl methyl sites for hydroxylation is 1. The molecule has 1 aromatic heterocycles. The normalized spacial score (nSPS) is 13.4. The standard InChI is InChI=1S/C26H28N4O4/c1-15-8-9-17(24(32)29-19-10-11-19)13-20(15)30-14-28-21(23(30)27)22(31)16-6-5-7-18(12-16)25(33)34-26(2,3)4/h5-9,12-14,19H,10-11,27H2,1-4H3,(H,29,32). The fourth-order valence-electron chi connectivity index (χ4n) is 3.49. The molecular formula is C26H28N4O4. The summed E-state index contributed by atoms with van der Waals surface area (Å²) >= 11 is 0. The molecule has 176 valence electrons. The third kappa shape index (κ3) is 5.01. The van der Waals surface area contributed by atoms with Gasteiger partial charge in [-0.1, -0.05) is 18.2 Å². The highest BCUT2D eigenvalue weighted by Crippen LogP contribution is 2.25. The van der Waals surface area contributed by atoms with Gasteiger partial charge in [0.2, 0.25) is 5.78 Å². The molecule has 0 unspecified atom stereocenters. The average molecular weight is 461 g/mol. The Morgan fingerprint density at radius 3 is 2.44 bits per heavy atom. The first kappa shape index (κ1) is 23.2. The zero-order valence-electron chi connectivity index (χ0n) is 19.7. The first-order valence-corrected chi connectivity index (χ1v) is 11.2. The van der Waals surface area contributed by atoms with Crippen molar-refractivity contribution in [3.05, 3.63) is 76.7 Å². The lowest BCUT2D eigenvalue weighted by atomic mass is 10.0. The van der Waals surface area contributed by atoms with Gasteiger partial charge in [0.15, 0.2) is 5.69 Å². The molecule has 1 saturated carbocycles. The fourth-order valence-corrected chi connectivity index (χ4v) is 3.49. The molecule has 0 atom stereocenters. The van der Waals surface area contributed by atoms with Gasteiger partial charge < -0.3 is 15.8 Å². The summed E-state index contributed by atoms with van der Waals surface area (Å²) in [4.78, 5) is 42.3. The molecule has 8 nitrogen and oxygen atoms in total. The van der Waals surface area contributed by atoms with Gasteiger partial charge in [0.1, 0.15) is 17.7 Å². The molecule has 0 radical (unpaired) electrons. The predicted molar refractivity (Wildman–Crippen MR) is 128 cm³/mol. The van der Waals surface area contributed by atoms with E-state index in [1.807, 2.05) is 13.0 Å². The summed E-state index contributed by atoms with van der Waals surface area (Å²) in [6.07, 6.45) is 3.46. The van der Waals surface area contributed by atoms with Crippen LogP contribution in [0.25, 0.3) is 5.69 Å². The number of aromatic nitrogens is 2. The van der Waals surface area contributed by atoms with Gasteiger partial charge in [-0.2, -0.15) is 0 Å². The number of nitrogen functional groups attached to an aromatic ring is 1. The number of rotatable bonds is 6. The van der Waals surface area contributed by atoms with Crippen LogP contribution in [0.4, 0.5) is 5.82 Å². The number of carbonyl (C=O) groups excluding carboxylic acids is 3. The number of nitrogens with one attached hydrogen (secondary N) is 1. The highest BCUT2D eigenvalue weighted by Gasteiger charge is 2.25. The van der Waals surface area contributed by atoms with Gasteiger partial charge in [0.05, 0.1) is 11.3 Å². The number of hydrogen-bond acceptors (Lipinski definition) is 6. The summed E-state index contributed by atoms with van der Waals surface area (Å²) in [5, 5.41) is 2.97. The lowest BCUT2D eigenvalue weighted by Crippen LogP contribution is -2.25. The average Bonchev–Trinajstić information content (AvgIpc) is 3.51. The van der Waals surface area contributed by atoms with Crippen LogP contribution < -0.4 is 11.1 Å². The molecule has 2 aromatic carbocycles. The lowest BCUT2D eigenvalue weighted by molar-refractivity contribution is 0.00694. The minimum absolute atomic E-state index is 0.0635. The Morgan fingerprint density at radius 1 is 1.06 bits per heavy atom. The zero-order chi connectivity index (χ0) is 24.6. The summed E-state index contributed by atoms with van der Waals surface area (Å²) in [5.74, 6) is -0.923. The Balaban J connectivity index is 1.62. The molecule has 34 heavy (non-hydrogen) atoms. The number of ketones is 1. The van der Waals surface area contributed by atoms with Crippen LogP contribution in [-0.2, 0) is 4.74 Å². The number of nitrogens with two attached hydrogens (primary N) is 1. The van der Waals surface area contributed by atoms with E-state index in [-0.39, 0.29) is 34.6 Å². The molecular weight excluding hydrogens is 432 g/mol. The van der Waals surface area contributed by atoms with Crippen molar-refractivity contribution in [2.24, 2.45) is 0 Å². The molecule has 3 N–H and O–H groups in total. The van der Waals surface area contributed by atoms with Crippen molar-refractivity contribution in [1.82, 2.24) is 14.9 Å². The van der Waals surface area contributed by atoms with Crippen molar-refractivity contribution in [3.63, 3.8) is 0 Å². The maximum absolute atomic E-state index is 13.2. The van der Waals surface area contributed by atoms with E-state index in [0.717, 1.165) is 18.4 Å². The molecule has 1 aliphatic carbocycles. The molecule has 0 aliphatic heterocycles. The second-order valence-corrected chi connectivity index (χ2v) is 9.51. The number of anilines is 1. The van der Waals surface area contributed by atoms with E-state index >= 15 is 0 Å². The van der Waals surface area contributed by atoms with Crippen LogP contribution in [0.5, 0.6) is 0 Å². The van der Waals surface area contributed by atoms with Crippen LogP contribution in [0.3, 0.4) is 0 Å². The smallest absolute Gasteiger partial charge is 0.338 e. The molecule has 0 bridgehead atoms. The summed E-state index contributed by atoms with van der Waals surface area (Å²) in [6.45, 7) is 7.22. The van der Waals surface area contributed by atoms with E-state index in [1.165, 1.54) is 12.4 Å². The number of imidazole rings is 1. The fraction of sp³-hybridized carbons (Fsp3) is 0.308. The largest absolute Gasteiger partial charge is 0.456 e. The summed E-state index contributed by atoms with van der Waals surface area (Å²) < 4.78 is 6.99. The first-order chi connectivity index (χ1) is 16.0. The highest BCUT2D eigenvalue weighted by molar-refractivity contribution is 6.11. The van der Waals surface area contributed by atoms with Crippen LogP contribution >= 0.6 is 0 Å². The van der Waals surface area contributed by atoms with Crippen LogP contribution in [0.2, 0.25) is 0 Å². The third-order valence-electron chi connectivity index (χ3n) is 5.42. The maximum atomic E-state index is 13.2. The highest BCUT2D eigenvalue weighted by atomic mass is 16.6. The minimum atomic E-state index is -0.651. The number of carbonyl (C=O) groups is 3. The molecule has 4 rings (SSSR count). The van der Waals surface area contributed by atoms with Crippen LogP contribution in [0.15, 0.2) is 48.8 Å². The maximum Gasteiger partial charge on any atom is 0.338 e. The summed E-state index contributed by atoms with van der Waals surface area (Å²) in [7, 11) is 0. The Morgan fingerprint density at radius 2 is 1.76 bits per heavy atom. The van der Waals surface area contributed by atoms with Gasteiger partial charge in [-0.05, 0) is 70.4 Å². The topological polar surface area (TPSA) is 116 Å². The van der Waals surface area contributed by atoms with Crippen molar-refractivity contribution < 1.29 is 19.1 Å². The predicted octanol–water partition coefficient (Wildman–Crippen LogP) is 3.84. The van der Waals surface area contributed by atoms with Crippen molar-refractivity contribution in [2.75, 3.05) is 5.73 Å². The number of benzene rings is 2. The molecule has 0 spiro atoms. The molecule has 1 fully saturated rings. The lowest BCUT2D eigenvalue weighted by Gasteiger charge is -2.19. The first-order valence-electron chi connectivity index (χ1n) is 11.2. The van der Waals surface area contributed by atoms with Gasteiger partial charge in [0.25, 0.3) is 5.91 Å². The van der Waals surface area contributed by atoms with Crippen LogP contribution in [-0.4, -0.2) is 38.9 Å². The Labute approximate surface area is 198 Å². The number of ether oxygens (including phenoxy) is 1. The van der Waals surface area contributed by atoms with Crippen molar-refractivity contribution in [1.29, 1.82) is 0 Å². The Hall–Kier alpha value is -3.94. The minimum Gasteiger partial charge on any atom is -0.456 e. The van der Waals surface area contributed by atoms with Gasteiger partial charge >= 0.3 is 5.97 Å². The van der Waals surface area contributed by atoms with E-state index in [2.05, 4.69) is 10.3 Å². The number of amides is 1. The van der Waals surface area contributed by atoms with Crippen molar-refractivity contribution in [2.45, 2.75) is 52.2 Å². The van der Waals surface area contributed by atoms with E-state index in [1.54, 1.807) is 55.7 Å². The van der Waals surface area contributed by atoms with E-state index in [4.69, 9.17) is 10.5 Å². The molecule has 1 aliphatic rings. The SMILES string of the molecule is Cc1ccc(C(=O)NC2CC2)cc1-n1cnc(C(=O)c2cccc(C(=O)OC(C)(C)C)c2)c1N. The Bertz CT molecular complexity index is 1280. The molecule has 8 heteroatoms. The second kappa shape index (κ2) is 8.78. The van der Waals surface area contributed by atoms with Crippen LogP contribution in [0, 0.1) is 6.92 Å². The molecule has 0 saturated heterocycles. The summed E-state index contributed by atoms with van der Waals surface area (Å²) in [6, 6.07) is 11.9. The van der Waals surface area contributed by atoms with E-state index in [0.29, 0.717) is 11.3 Å². The van der Waals surface area contributed by atoms with E-state index < -0.39 is 17.4 Å².